The highest BCUT2D eigenvalue weighted by molar-refractivity contribution is 5.60. The summed E-state index contributed by atoms with van der Waals surface area (Å²) in [5, 5.41) is 4.17. The molecule has 4 rings (SSSR count). The lowest BCUT2D eigenvalue weighted by Gasteiger charge is -2.21. The van der Waals surface area contributed by atoms with E-state index >= 15 is 0 Å². The second-order valence-corrected chi connectivity index (χ2v) is 7.91. The zero-order valence-electron chi connectivity index (χ0n) is 18.5. The maximum Gasteiger partial charge on any atom is 0.241 e. The van der Waals surface area contributed by atoms with Crippen molar-refractivity contribution in [1.82, 2.24) is 19.9 Å². The Morgan fingerprint density at radius 1 is 0.903 bits per heavy atom. The van der Waals surface area contributed by atoms with Crippen LogP contribution in [0.4, 0.5) is 0 Å². The maximum atomic E-state index is 5.54. The Morgan fingerprint density at radius 2 is 1.65 bits per heavy atom. The quantitative estimate of drug-likeness (QED) is 0.574. The number of hydrogen-bond acceptors (Lipinski definition) is 7. The molecule has 2 aromatic carbocycles. The Morgan fingerprint density at radius 3 is 2.39 bits per heavy atom. The Kier molecular flexibility index (Phi) is 6.84. The molecular formula is C24H30N4O3. The second-order valence-electron chi connectivity index (χ2n) is 7.91. The number of nitrogens with zero attached hydrogens (tertiary/aromatic N) is 4. The van der Waals surface area contributed by atoms with Crippen molar-refractivity contribution in [1.29, 1.82) is 0 Å². The van der Waals surface area contributed by atoms with E-state index in [0.29, 0.717) is 29.8 Å². The van der Waals surface area contributed by atoms with Gasteiger partial charge in [-0.05, 0) is 55.8 Å². The van der Waals surface area contributed by atoms with Gasteiger partial charge in [0.25, 0.3) is 0 Å². The standard InChI is InChI=1S/C24H30N4O3/c1-18-7-4-5-8-20(18)16-27-11-6-12-28(14-13-27)17-23-25-24(26-31-23)19-9-10-21(29-2)22(15-19)30-3/h4-5,7-10,15H,6,11-14,16-17H2,1-3H3. The van der Waals surface area contributed by atoms with Crippen molar-refractivity contribution < 1.29 is 14.0 Å². The van der Waals surface area contributed by atoms with Crippen LogP contribution in [-0.4, -0.2) is 60.3 Å². The molecule has 0 unspecified atom stereocenters. The number of rotatable bonds is 7. The minimum atomic E-state index is 0.562. The Hall–Kier alpha value is -2.90. The van der Waals surface area contributed by atoms with E-state index in [1.807, 2.05) is 18.2 Å². The van der Waals surface area contributed by atoms with Gasteiger partial charge in [0.2, 0.25) is 11.7 Å². The summed E-state index contributed by atoms with van der Waals surface area (Å²) in [6, 6.07) is 14.3. The molecule has 1 aromatic heterocycles. The minimum Gasteiger partial charge on any atom is -0.493 e. The van der Waals surface area contributed by atoms with Gasteiger partial charge in [0.15, 0.2) is 11.5 Å². The Balaban J connectivity index is 1.36. The summed E-state index contributed by atoms with van der Waals surface area (Å²) >= 11 is 0. The highest BCUT2D eigenvalue weighted by atomic mass is 16.5. The van der Waals surface area contributed by atoms with Gasteiger partial charge >= 0.3 is 0 Å². The lowest BCUT2D eigenvalue weighted by atomic mass is 10.1. The molecule has 1 saturated heterocycles. The van der Waals surface area contributed by atoms with Crippen LogP contribution in [0.1, 0.15) is 23.4 Å². The molecule has 1 fully saturated rings. The lowest BCUT2D eigenvalue weighted by Crippen LogP contribution is -2.30. The number of aryl methyl sites for hydroxylation is 1. The van der Waals surface area contributed by atoms with Gasteiger partial charge in [-0.3, -0.25) is 9.80 Å². The molecular weight excluding hydrogens is 392 g/mol. The summed E-state index contributed by atoms with van der Waals surface area (Å²) in [6.07, 6.45) is 1.13. The first-order chi connectivity index (χ1) is 15.2. The van der Waals surface area contributed by atoms with E-state index in [1.165, 1.54) is 11.1 Å². The van der Waals surface area contributed by atoms with Gasteiger partial charge in [-0.2, -0.15) is 4.98 Å². The number of methoxy groups -OCH3 is 2. The van der Waals surface area contributed by atoms with Crippen LogP contribution in [0, 0.1) is 6.92 Å². The SMILES string of the molecule is COc1ccc(-c2noc(CN3CCCN(Cc4ccccc4C)CC3)n2)cc1OC. The van der Waals surface area contributed by atoms with E-state index in [0.717, 1.165) is 44.7 Å². The van der Waals surface area contributed by atoms with E-state index < -0.39 is 0 Å². The van der Waals surface area contributed by atoms with Crippen molar-refractivity contribution in [3.8, 4) is 22.9 Å². The lowest BCUT2D eigenvalue weighted by molar-refractivity contribution is 0.222. The minimum absolute atomic E-state index is 0.562. The molecule has 7 heteroatoms. The highest BCUT2D eigenvalue weighted by Gasteiger charge is 2.19. The topological polar surface area (TPSA) is 63.9 Å². The van der Waals surface area contributed by atoms with Crippen LogP contribution < -0.4 is 9.47 Å². The molecule has 0 atom stereocenters. The molecule has 0 N–H and O–H groups in total. The smallest absolute Gasteiger partial charge is 0.241 e. The molecule has 0 saturated carbocycles. The third kappa shape index (κ3) is 5.24. The van der Waals surface area contributed by atoms with Gasteiger partial charge in [-0.25, -0.2) is 0 Å². The van der Waals surface area contributed by atoms with Crippen LogP contribution in [-0.2, 0) is 13.1 Å². The summed E-state index contributed by atoms with van der Waals surface area (Å²) in [7, 11) is 3.23. The fourth-order valence-corrected chi connectivity index (χ4v) is 3.97. The summed E-state index contributed by atoms with van der Waals surface area (Å²) in [5.41, 5.74) is 3.61. The molecule has 1 aliphatic rings. The molecule has 31 heavy (non-hydrogen) atoms. The van der Waals surface area contributed by atoms with Gasteiger partial charge in [0.1, 0.15) is 0 Å². The largest absolute Gasteiger partial charge is 0.493 e. The molecule has 0 amide bonds. The summed E-state index contributed by atoms with van der Waals surface area (Å²) < 4.78 is 16.2. The van der Waals surface area contributed by atoms with Crippen LogP contribution in [0.15, 0.2) is 47.0 Å². The summed E-state index contributed by atoms with van der Waals surface area (Å²) in [5.74, 6) is 2.52. The van der Waals surface area contributed by atoms with Gasteiger partial charge < -0.3 is 14.0 Å². The molecule has 1 aliphatic heterocycles. The van der Waals surface area contributed by atoms with Crippen LogP contribution in [0.5, 0.6) is 11.5 Å². The Labute approximate surface area is 183 Å². The molecule has 0 spiro atoms. The summed E-state index contributed by atoms with van der Waals surface area (Å²) in [4.78, 5) is 9.53. The second kappa shape index (κ2) is 9.94. The predicted molar refractivity (Wildman–Crippen MR) is 119 cm³/mol. The van der Waals surface area contributed by atoms with E-state index in [4.69, 9.17) is 14.0 Å². The number of benzene rings is 2. The molecule has 164 valence electrons. The average Bonchev–Trinajstić information content (AvgIpc) is 3.15. The number of aromatic nitrogens is 2. The number of ether oxygens (including phenoxy) is 2. The van der Waals surface area contributed by atoms with Crippen molar-refractivity contribution in [2.75, 3.05) is 40.4 Å². The van der Waals surface area contributed by atoms with E-state index in [1.54, 1.807) is 14.2 Å². The Bertz CT molecular complexity index is 1000. The summed E-state index contributed by atoms with van der Waals surface area (Å²) in [6.45, 7) is 8.00. The van der Waals surface area contributed by atoms with Gasteiger partial charge in [-0.1, -0.05) is 29.4 Å². The van der Waals surface area contributed by atoms with E-state index in [9.17, 15) is 0 Å². The van der Waals surface area contributed by atoms with Crippen LogP contribution in [0.2, 0.25) is 0 Å². The normalized spacial score (nSPS) is 15.6. The number of hydrogen-bond donors (Lipinski definition) is 0. The highest BCUT2D eigenvalue weighted by Crippen LogP contribution is 2.31. The van der Waals surface area contributed by atoms with Gasteiger partial charge in [0.05, 0.1) is 20.8 Å². The zero-order valence-corrected chi connectivity index (χ0v) is 18.5. The first-order valence-electron chi connectivity index (χ1n) is 10.7. The molecule has 3 aromatic rings. The third-order valence-electron chi connectivity index (χ3n) is 5.81. The van der Waals surface area contributed by atoms with Crippen LogP contribution in [0.25, 0.3) is 11.4 Å². The fraction of sp³-hybridized carbons (Fsp3) is 0.417. The average molecular weight is 423 g/mol. The first-order valence-corrected chi connectivity index (χ1v) is 10.7. The van der Waals surface area contributed by atoms with Gasteiger partial charge in [0, 0.05) is 25.2 Å². The van der Waals surface area contributed by atoms with E-state index in [-0.39, 0.29) is 0 Å². The van der Waals surface area contributed by atoms with Crippen molar-refractivity contribution in [3.63, 3.8) is 0 Å². The van der Waals surface area contributed by atoms with Gasteiger partial charge in [-0.15, -0.1) is 0 Å². The zero-order chi connectivity index (χ0) is 21.6. The maximum absolute atomic E-state index is 5.54. The molecule has 2 heterocycles. The third-order valence-corrected chi connectivity index (χ3v) is 5.81. The molecule has 0 bridgehead atoms. The van der Waals surface area contributed by atoms with Crippen molar-refractivity contribution in [3.05, 3.63) is 59.5 Å². The van der Waals surface area contributed by atoms with E-state index in [2.05, 4.69) is 51.1 Å². The van der Waals surface area contributed by atoms with Crippen molar-refractivity contribution in [2.24, 2.45) is 0 Å². The first kappa shape index (κ1) is 21.3. The molecule has 7 nitrogen and oxygen atoms in total. The molecule has 0 aliphatic carbocycles. The van der Waals surface area contributed by atoms with Crippen LogP contribution in [0.3, 0.4) is 0 Å². The van der Waals surface area contributed by atoms with Crippen molar-refractivity contribution >= 4 is 0 Å². The fourth-order valence-electron chi connectivity index (χ4n) is 3.97. The predicted octanol–water partition coefficient (Wildman–Crippen LogP) is 3.77. The van der Waals surface area contributed by atoms with Crippen molar-refractivity contribution in [2.45, 2.75) is 26.4 Å². The van der Waals surface area contributed by atoms with Crippen LogP contribution >= 0.6 is 0 Å². The monoisotopic (exact) mass is 422 g/mol. The molecule has 0 radical (unpaired) electrons.